The van der Waals surface area contributed by atoms with Crippen LogP contribution in [0.5, 0.6) is 5.75 Å². The Morgan fingerprint density at radius 1 is 0.943 bits per heavy atom. The molecule has 0 aromatic heterocycles. The third kappa shape index (κ3) is 6.39. The minimum absolute atomic E-state index is 0.0171. The van der Waals surface area contributed by atoms with Crippen molar-refractivity contribution < 1.29 is 24.2 Å². The van der Waals surface area contributed by atoms with Crippen LogP contribution in [0.1, 0.15) is 15.9 Å². The number of halogens is 1. The maximum Gasteiger partial charge on any atom is 0.273 e. The number of hydrogen-bond acceptors (Lipinski definition) is 7. The molecule has 0 aliphatic carbocycles. The summed E-state index contributed by atoms with van der Waals surface area (Å²) < 4.78 is 5.13. The van der Waals surface area contributed by atoms with Crippen LogP contribution in [-0.2, 0) is 4.79 Å². The Hall–Kier alpha value is -4.77. The molecule has 2 N–H and O–H groups in total. The molecule has 3 aromatic rings. The average Bonchev–Trinajstić information content (AvgIpc) is 2.83. The molecule has 0 unspecified atom stereocenters. The molecule has 0 aliphatic heterocycles. The van der Waals surface area contributed by atoms with Gasteiger partial charge < -0.3 is 15.4 Å². The number of nitrogens with zero attached hydrogens (tertiary/aromatic N) is 2. The number of non-ortho nitro benzene ring substituents is 2. The summed E-state index contributed by atoms with van der Waals surface area (Å²) >= 11 is 5.94. The van der Waals surface area contributed by atoms with Crippen LogP contribution in [0.2, 0.25) is 5.02 Å². The predicted octanol–water partition coefficient (Wildman–Crippen LogP) is 4.57. The van der Waals surface area contributed by atoms with E-state index in [1.54, 1.807) is 12.1 Å². The number of hydrogen-bond donors (Lipinski definition) is 2. The monoisotopic (exact) mass is 496 g/mol. The number of carbonyl (C=O) groups is 2. The molecular formula is C23H17ClN4O7. The van der Waals surface area contributed by atoms with Gasteiger partial charge in [0.1, 0.15) is 11.4 Å². The van der Waals surface area contributed by atoms with Gasteiger partial charge in [0.25, 0.3) is 23.2 Å². The normalized spacial score (nSPS) is 10.9. The first-order chi connectivity index (χ1) is 16.7. The number of nitrogens with one attached hydrogen (secondary N) is 2. The number of carbonyl (C=O) groups excluding carboxylic acids is 2. The molecule has 0 saturated heterocycles. The number of amides is 2. The van der Waals surface area contributed by atoms with Crippen LogP contribution >= 0.6 is 11.6 Å². The van der Waals surface area contributed by atoms with Gasteiger partial charge in [0.15, 0.2) is 0 Å². The Balaban J connectivity index is 1.98. The van der Waals surface area contributed by atoms with Crippen molar-refractivity contribution >= 4 is 46.6 Å². The molecule has 0 fully saturated rings. The van der Waals surface area contributed by atoms with E-state index in [0.717, 1.165) is 6.07 Å². The molecule has 0 aliphatic rings. The van der Waals surface area contributed by atoms with Crippen molar-refractivity contribution in [3.05, 3.63) is 109 Å². The molecule has 11 nitrogen and oxygen atoms in total. The quantitative estimate of drug-likeness (QED) is 0.263. The minimum Gasteiger partial charge on any atom is -0.494 e. The van der Waals surface area contributed by atoms with Crippen molar-refractivity contribution in [3.8, 4) is 5.75 Å². The number of anilines is 1. The van der Waals surface area contributed by atoms with Gasteiger partial charge >= 0.3 is 0 Å². The molecule has 0 saturated carbocycles. The van der Waals surface area contributed by atoms with E-state index in [1.165, 1.54) is 61.7 Å². The van der Waals surface area contributed by atoms with Crippen LogP contribution in [0.4, 0.5) is 17.1 Å². The van der Waals surface area contributed by atoms with Crippen molar-refractivity contribution in [2.45, 2.75) is 0 Å². The molecule has 2 amide bonds. The molecule has 0 heterocycles. The first-order valence-electron chi connectivity index (χ1n) is 9.85. The van der Waals surface area contributed by atoms with E-state index in [-0.39, 0.29) is 39.6 Å². The van der Waals surface area contributed by atoms with Crippen LogP contribution in [0.3, 0.4) is 0 Å². The summed E-state index contributed by atoms with van der Waals surface area (Å²) in [4.78, 5) is 46.8. The van der Waals surface area contributed by atoms with Gasteiger partial charge in [0.05, 0.1) is 28.7 Å². The lowest BCUT2D eigenvalue weighted by molar-refractivity contribution is -0.385. The summed E-state index contributed by atoms with van der Waals surface area (Å²) in [5, 5.41) is 27.4. The van der Waals surface area contributed by atoms with Crippen LogP contribution in [0.15, 0.2) is 72.4 Å². The fourth-order valence-corrected chi connectivity index (χ4v) is 3.15. The standard InChI is InChI=1S/C23H17ClN4O7/c1-35-21-13-18(28(33)34)8-9-19(21)25-23(30)20(11-14-4-2-7-17(10-14)27(31)32)26-22(29)15-5-3-6-16(24)12-15/h2-13H,1H3,(H,25,30)(H,26,29). The Bertz CT molecular complexity index is 1360. The highest BCUT2D eigenvalue weighted by Gasteiger charge is 2.19. The molecule has 12 heteroatoms. The molecule has 178 valence electrons. The summed E-state index contributed by atoms with van der Waals surface area (Å²) in [6, 6.07) is 15.1. The van der Waals surface area contributed by atoms with Crippen LogP contribution < -0.4 is 15.4 Å². The number of rotatable bonds is 8. The van der Waals surface area contributed by atoms with Gasteiger partial charge in [-0.05, 0) is 35.9 Å². The lowest BCUT2D eigenvalue weighted by atomic mass is 10.1. The zero-order chi connectivity index (χ0) is 25.5. The Morgan fingerprint density at radius 3 is 2.29 bits per heavy atom. The predicted molar refractivity (Wildman–Crippen MR) is 128 cm³/mol. The molecule has 35 heavy (non-hydrogen) atoms. The second-order valence-electron chi connectivity index (χ2n) is 6.97. The van der Waals surface area contributed by atoms with E-state index in [2.05, 4.69) is 10.6 Å². The highest BCUT2D eigenvalue weighted by atomic mass is 35.5. The molecule has 0 bridgehead atoms. The lowest BCUT2D eigenvalue weighted by Gasteiger charge is -2.13. The highest BCUT2D eigenvalue weighted by molar-refractivity contribution is 6.31. The van der Waals surface area contributed by atoms with Gasteiger partial charge in [0.2, 0.25) is 0 Å². The molecule has 3 aromatic carbocycles. The van der Waals surface area contributed by atoms with E-state index in [0.29, 0.717) is 5.02 Å². The van der Waals surface area contributed by atoms with Gasteiger partial charge in [-0.3, -0.25) is 29.8 Å². The third-order valence-corrected chi connectivity index (χ3v) is 4.85. The number of nitro benzene ring substituents is 2. The first kappa shape index (κ1) is 24.9. The Labute approximate surface area is 203 Å². The second kappa shape index (κ2) is 10.9. The third-order valence-electron chi connectivity index (χ3n) is 4.62. The van der Waals surface area contributed by atoms with Crippen molar-refractivity contribution in [1.82, 2.24) is 5.32 Å². The van der Waals surface area contributed by atoms with Gasteiger partial charge in [-0.1, -0.05) is 29.8 Å². The number of ether oxygens (including phenoxy) is 1. The maximum absolute atomic E-state index is 13.1. The van der Waals surface area contributed by atoms with E-state index in [9.17, 15) is 29.8 Å². The molecule has 3 rings (SSSR count). The Morgan fingerprint density at radius 2 is 1.63 bits per heavy atom. The van der Waals surface area contributed by atoms with Crippen molar-refractivity contribution in [2.24, 2.45) is 0 Å². The van der Waals surface area contributed by atoms with E-state index in [1.807, 2.05) is 0 Å². The van der Waals surface area contributed by atoms with Gasteiger partial charge in [0, 0.05) is 28.8 Å². The summed E-state index contributed by atoms with van der Waals surface area (Å²) in [5.41, 5.74) is -0.173. The number of nitro groups is 2. The first-order valence-corrected chi connectivity index (χ1v) is 10.2. The van der Waals surface area contributed by atoms with E-state index in [4.69, 9.17) is 16.3 Å². The Kier molecular flexibility index (Phi) is 7.74. The minimum atomic E-state index is -0.806. The lowest BCUT2D eigenvalue weighted by Crippen LogP contribution is -2.30. The highest BCUT2D eigenvalue weighted by Crippen LogP contribution is 2.29. The van der Waals surface area contributed by atoms with Crippen LogP contribution in [0, 0.1) is 20.2 Å². The van der Waals surface area contributed by atoms with Gasteiger partial charge in [-0.25, -0.2) is 0 Å². The summed E-state index contributed by atoms with van der Waals surface area (Å²) in [5.74, 6) is -1.45. The fraction of sp³-hybridized carbons (Fsp3) is 0.0435. The van der Waals surface area contributed by atoms with E-state index < -0.39 is 21.7 Å². The smallest absolute Gasteiger partial charge is 0.273 e. The molecular weight excluding hydrogens is 480 g/mol. The number of benzene rings is 3. The number of methoxy groups -OCH3 is 1. The van der Waals surface area contributed by atoms with Crippen LogP contribution in [-0.4, -0.2) is 28.8 Å². The second-order valence-corrected chi connectivity index (χ2v) is 7.41. The maximum atomic E-state index is 13.1. The molecule has 0 atom stereocenters. The zero-order valence-electron chi connectivity index (χ0n) is 18.1. The molecule has 0 spiro atoms. The van der Waals surface area contributed by atoms with Crippen molar-refractivity contribution in [2.75, 3.05) is 12.4 Å². The van der Waals surface area contributed by atoms with Crippen molar-refractivity contribution in [1.29, 1.82) is 0 Å². The van der Waals surface area contributed by atoms with Gasteiger partial charge in [-0.2, -0.15) is 0 Å². The van der Waals surface area contributed by atoms with Crippen LogP contribution in [0.25, 0.3) is 6.08 Å². The summed E-state index contributed by atoms with van der Waals surface area (Å²) in [6.07, 6.45) is 1.25. The van der Waals surface area contributed by atoms with E-state index >= 15 is 0 Å². The zero-order valence-corrected chi connectivity index (χ0v) is 18.8. The molecule has 0 radical (unpaired) electrons. The SMILES string of the molecule is COc1cc([N+](=O)[O-])ccc1NC(=O)C(=Cc1cccc([N+](=O)[O-])c1)NC(=O)c1cccc(Cl)c1. The van der Waals surface area contributed by atoms with Crippen molar-refractivity contribution in [3.63, 3.8) is 0 Å². The largest absolute Gasteiger partial charge is 0.494 e. The fourth-order valence-electron chi connectivity index (χ4n) is 2.96. The average molecular weight is 497 g/mol. The summed E-state index contributed by atoms with van der Waals surface area (Å²) in [6.45, 7) is 0. The summed E-state index contributed by atoms with van der Waals surface area (Å²) in [7, 11) is 1.27. The topological polar surface area (TPSA) is 154 Å². The van der Waals surface area contributed by atoms with Gasteiger partial charge in [-0.15, -0.1) is 0 Å².